The average molecular weight is 451 g/mol. The SMILES string of the molecule is O=C(CCCOc1ccc(Cl)cc1Cl)Nc1ccccc1C(=O)NCC1CCCO1. The molecule has 1 heterocycles. The van der Waals surface area contributed by atoms with Crippen molar-refractivity contribution in [2.24, 2.45) is 0 Å². The number of anilines is 1. The van der Waals surface area contributed by atoms with Gasteiger partial charge in [-0.05, 0) is 49.6 Å². The van der Waals surface area contributed by atoms with Crippen LogP contribution in [0, 0.1) is 0 Å². The van der Waals surface area contributed by atoms with Gasteiger partial charge < -0.3 is 20.1 Å². The molecule has 30 heavy (non-hydrogen) atoms. The fourth-order valence-corrected chi connectivity index (χ4v) is 3.58. The molecule has 2 aromatic rings. The van der Waals surface area contributed by atoms with Gasteiger partial charge in [-0.15, -0.1) is 0 Å². The Hall–Kier alpha value is -2.28. The molecule has 160 valence electrons. The second kappa shape index (κ2) is 11.2. The van der Waals surface area contributed by atoms with Crippen LogP contribution in [0.3, 0.4) is 0 Å². The minimum absolute atomic E-state index is 0.0600. The fourth-order valence-electron chi connectivity index (χ4n) is 3.12. The second-order valence-electron chi connectivity index (χ2n) is 6.97. The van der Waals surface area contributed by atoms with Crippen LogP contribution in [0.15, 0.2) is 42.5 Å². The summed E-state index contributed by atoms with van der Waals surface area (Å²) in [5.41, 5.74) is 0.905. The minimum Gasteiger partial charge on any atom is -0.492 e. The van der Waals surface area contributed by atoms with Crippen LogP contribution in [0.1, 0.15) is 36.0 Å². The monoisotopic (exact) mass is 450 g/mol. The van der Waals surface area contributed by atoms with Crippen molar-refractivity contribution in [2.45, 2.75) is 31.8 Å². The van der Waals surface area contributed by atoms with Crippen LogP contribution >= 0.6 is 23.2 Å². The number of ether oxygens (including phenoxy) is 2. The zero-order valence-corrected chi connectivity index (χ0v) is 18.0. The van der Waals surface area contributed by atoms with E-state index in [-0.39, 0.29) is 24.3 Å². The zero-order valence-electron chi connectivity index (χ0n) is 16.5. The highest BCUT2D eigenvalue weighted by molar-refractivity contribution is 6.35. The molecule has 0 aromatic heterocycles. The highest BCUT2D eigenvalue weighted by Crippen LogP contribution is 2.27. The summed E-state index contributed by atoms with van der Waals surface area (Å²) in [4.78, 5) is 24.8. The van der Waals surface area contributed by atoms with Gasteiger partial charge in [0.25, 0.3) is 5.91 Å². The first-order chi connectivity index (χ1) is 14.5. The van der Waals surface area contributed by atoms with Gasteiger partial charge in [0, 0.05) is 24.6 Å². The van der Waals surface area contributed by atoms with E-state index in [1.165, 1.54) is 0 Å². The van der Waals surface area contributed by atoms with E-state index in [1.54, 1.807) is 42.5 Å². The topological polar surface area (TPSA) is 76.7 Å². The Morgan fingerprint density at radius 2 is 2.00 bits per heavy atom. The van der Waals surface area contributed by atoms with E-state index >= 15 is 0 Å². The number of carbonyl (C=O) groups excluding carboxylic acids is 2. The number of halogens is 2. The van der Waals surface area contributed by atoms with Gasteiger partial charge in [0.2, 0.25) is 5.91 Å². The zero-order chi connectivity index (χ0) is 21.3. The molecule has 1 fully saturated rings. The van der Waals surface area contributed by atoms with E-state index < -0.39 is 0 Å². The van der Waals surface area contributed by atoms with Crippen molar-refractivity contribution in [1.82, 2.24) is 5.32 Å². The largest absolute Gasteiger partial charge is 0.492 e. The summed E-state index contributed by atoms with van der Waals surface area (Å²) in [6.45, 7) is 1.53. The van der Waals surface area contributed by atoms with Gasteiger partial charge in [-0.1, -0.05) is 35.3 Å². The summed E-state index contributed by atoms with van der Waals surface area (Å²) in [6, 6.07) is 11.9. The van der Waals surface area contributed by atoms with Crippen molar-refractivity contribution in [3.05, 3.63) is 58.1 Å². The van der Waals surface area contributed by atoms with Gasteiger partial charge >= 0.3 is 0 Å². The van der Waals surface area contributed by atoms with Crippen molar-refractivity contribution in [3.8, 4) is 5.75 Å². The molecule has 1 unspecified atom stereocenters. The smallest absolute Gasteiger partial charge is 0.253 e. The maximum Gasteiger partial charge on any atom is 0.253 e. The molecule has 3 rings (SSSR count). The quantitative estimate of drug-likeness (QED) is 0.542. The minimum atomic E-state index is -0.234. The molecule has 2 amide bonds. The molecule has 1 aliphatic heterocycles. The van der Waals surface area contributed by atoms with Gasteiger partial charge in [0.1, 0.15) is 5.75 Å². The van der Waals surface area contributed by atoms with Crippen LogP contribution in [0.5, 0.6) is 5.75 Å². The average Bonchev–Trinajstić information content (AvgIpc) is 3.25. The molecule has 2 N–H and O–H groups in total. The van der Waals surface area contributed by atoms with E-state index in [9.17, 15) is 9.59 Å². The Morgan fingerprint density at radius 1 is 1.17 bits per heavy atom. The Bertz CT molecular complexity index is 885. The lowest BCUT2D eigenvalue weighted by atomic mass is 10.1. The highest BCUT2D eigenvalue weighted by Gasteiger charge is 2.18. The Balaban J connectivity index is 1.45. The molecule has 0 bridgehead atoms. The summed E-state index contributed by atoms with van der Waals surface area (Å²) in [6.07, 6.45) is 2.77. The van der Waals surface area contributed by atoms with Crippen LogP contribution in [0.2, 0.25) is 10.0 Å². The highest BCUT2D eigenvalue weighted by atomic mass is 35.5. The lowest BCUT2D eigenvalue weighted by Gasteiger charge is -2.14. The number of nitrogens with one attached hydrogen (secondary N) is 2. The van der Waals surface area contributed by atoms with E-state index in [2.05, 4.69) is 10.6 Å². The van der Waals surface area contributed by atoms with Crippen LogP contribution in [-0.2, 0) is 9.53 Å². The second-order valence-corrected chi connectivity index (χ2v) is 7.81. The maximum absolute atomic E-state index is 12.5. The Labute approximate surface area is 185 Å². The first-order valence-corrected chi connectivity index (χ1v) is 10.6. The first kappa shape index (κ1) is 22.4. The molecule has 8 heteroatoms. The van der Waals surface area contributed by atoms with Gasteiger partial charge in [0.05, 0.1) is 29.0 Å². The van der Waals surface area contributed by atoms with E-state index in [4.69, 9.17) is 32.7 Å². The van der Waals surface area contributed by atoms with Gasteiger partial charge in [0.15, 0.2) is 0 Å². The first-order valence-electron chi connectivity index (χ1n) is 9.89. The van der Waals surface area contributed by atoms with Crippen LogP contribution < -0.4 is 15.4 Å². The summed E-state index contributed by atoms with van der Waals surface area (Å²) < 4.78 is 11.1. The lowest BCUT2D eigenvalue weighted by molar-refractivity contribution is -0.116. The standard InChI is InChI=1S/C22H24Cl2N2O4/c23-15-9-10-20(18(24)13-15)30-12-4-8-21(27)26-19-7-2-1-6-17(19)22(28)25-14-16-5-3-11-29-16/h1-2,6-7,9-10,13,16H,3-5,8,11-12,14H2,(H,25,28)(H,26,27). The maximum atomic E-state index is 12.5. The van der Waals surface area contributed by atoms with Crippen molar-refractivity contribution >= 4 is 40.7 Å². The molecular weight excluding hydrogens is 427 g/mol. The number of carbonyl (C=O) groups is 2. The third-order valence-electron chi connectivity index (χ3n) is 4.66. The molecule has 2 aromatic carbocycles. The molecule has 1 atom stereocenters. The molecule has 1 saturated heterocycles. The lowest BCUT2D eigenvalue weighted by Crippen LogP contribution is -2.32. The third-order valence-corrected chi connectivity index (χ3v) is 5.19. The van der Waals surface area contributed by atoms with Crippen molar-refractivity contribution in [1.29, 1.82) is 0 Å². The molecule has 0 saturated carbocycles. The molecule has 0 radical (unpaired) electrons. The summed E-state index contributed by atoms with van der Waals surface area (Å²) in [5.74, 6) is 0.0945. The van der Waals surface area contributed by atoms with Gasteiger partial charge in [-0.2, -0.15) is 0 Å². The fraction of sp³-hybridized carbons (Fsp3) is 0.364. The Morgan fingerprint density at radius 3 is 2.77 bits per heavy atom. The molecular formula is C22H24Cl2N2O4. The van der Waals surface area contributed by atoms with Gasteiger partial charge in [-0.25, -0.2) is 0 Å². The number of rotatable bonds is 9. The summed E-state index contributed by atoms with van der Waals surface area (Å²) >= 11 is 11.9. The summed E-state index contributed by atoms with van der Waals surface area (Å²) in [7, 11) is 0. The van der Waals surface area contributed by atoms with Crippen molar-refractivity contribution in [2.75, 3.05) is 25.1 Å². The van der Waals surface area contributed by atoms with E-state index in [0.29, 0.717) is 46.6 Å². The molecule has 0 spiro atoms. The van der Waals surface area contributed by atoms with Crippen LogP contribution in [0.4, 0.5) is 5.69 Å². The number of hydrogen-bond donors (Lipinski definition) is 2. The Kier molecular flexibility index (Phi) is 8.37. The molecule has 1 aliphatic rings. The van der Waals surface area contributed by atoms with Gasteiger partial charge in [-0.3, -0.25) is 9.59 Å². The van der Waals surface area contributed by atoms with E-state index in [0.717, 1.165) is 19.4 Å². The third kappa shape index (κ3) is 6.62. The van der Waals surface area contributed by atoms with Crippen molar-refractivity contribution < 1.29 is 19.1 Å². The number of hydrogen-bond acceptors (Lipinski definition) is 4. The van der Waals surface area contributed by atoms with Crippen LogP contribution in [-0.4, -0.2) is 37.7 Å². The predicted molar refractivity (Wildman–Crippen MR) is 118 cm³/mol. The predicted octanol–water partition coefficient (Wildman–Crippen LogP) is 4.70. The number of benzene rings is 2. The van der Waals surface area contributed by atoms with Crippen molar-refractivity contribution in [3.63, 3.8) is 0 Å². The normalized spacial score (nSPS) is 15.6. The molecule has 6 nitrogen and oxygen atoms in total. The van der Waals surface area contributed by atoms with E-state index in [1.807, 2.05) is 0 Å². The molecule has 0 aliphatic carbocycles. The van der Waals surface area contributed by atoms with Crippen LogP contribution in [0.25, 0.3) is 0 Å². The summed E-state index contributed by atoms with van der Waals surface area (Å²) in [5, 5.41) is 6.64. The number of para-hydroxylation sites is 1. The number of amides is 2.